The minimum absolute atomic E-state index is 0.331. The fraction of sp³-hybridized carbons (Fsp3) is 0.667. The number of nitrogens with one attached hydrogen (secondary N) is 1. The summed E-state index contributed by atoms with van der Waals surface area (Å²) in [6, 6.07) is 9.14. The fourth-order valence-electron chi connectivity index (χ4n) is 3.26. The molecular formula is C18H30N2O. The van der Waals surface area contributed by atoms with Crippen LogP contribution in [0.25, 0.3) is 0 Å². The fourth-order valence-corrected chi connectivity index (χ4v) is 3.26. The minimum Gasteiger partial charge on any atom is -0.373 e. The second kappa shape index (κ2) is 7.92. The highest BCUT2D eigenvalue weighted by Crippen LogP contribution is 2.21. The van der Waals surface area contributed by atoms with Gasteiger partial charge in [0, 0.05) is 25.7 Å². The van der Waals surface area contributed by atoms with Crippen molar-refractivity contribution in [3.05, 3.63) is 35.4 Å². The molecule has 0 bridgehead atoms. The molecule has 0 radical (unpaired) electrons. The number of hydrogen-bond acceptors (Lipinski definition) is 3. The Hall–Kier alpha value is -0.900. The molecule has 1 aromatic rings. The van der Waals surface area contributed by atoms with Crippen LogP contribution in [0.15, 0.2) is 24.3 Å². The molecule has 1 aliphatic heterocycles. The molecule has 3 unspecified atom stereocenters. The lowest BCUT2D eigenvalue weighted by atomic mass is 10.00. The van der Waals surface area contributed by atoms with Gasteiger partial charge < -0.3 is 10.1 Å². The predicted molar refractivity (Wildman–Crippen MR) is 88.7 cm³/mol. The third-order valence-corrected chi connectivity index (χ3v) is 4.14. The number of hydrogen-bond donors (Lipinski definition) is 1. The topological polar surface area (TPSA) is 24.5 Å². The molecule has 2 rings (SSSR count). The summed E-state index contributed by atoms with van der Waals surface area (Å²) in [5, 5.41) is 3.72. The van der Waals surface area contributed by atoms with Crippen molar-refractivity contribution in [3.8, 4) is 0 Å². The Morgan fingerprint density at radius 1 is 1.24 bits per heavy atom. The Morgan fingerprint density at radius 2 is 1.90 bits per heavy atom. The number of ether oxygens (including phenoxy) is 1. The summed E-state index contributed by atoms with van der Waals surface area (Å²) < 4.78 is 5.85. The van der Waals surface area contributed by atoms with Gasteiger partial charge >= 0.3 is 0 Å². The molecule has 118 valence electrons. The van der Waals surface area contributed by atoms with E-state index in [9.17, 15) is 0 Å². The molecule has 3 heteroatoms. The van der Waals surface area contributed by atoms with Crippen LogP contribution in [0, 0.1) is 6.92 Å². The van der Waals surface area contributed by atoms with Gasteiger partial charge in [-0.3, -0.25) is 4.90 Å². The van der Waals surface area contributed by atoms with E-state index in [0.29, 0.717) is 18.2 Å². The first-order valence-corrected chi connectivity index (χ1v) is 8.26. The van der Waals surface area contributed by atoms with Gasteiger partial charge in [0.05, 0.1) is 12.2 Å². The lowest BCUT2D eigenvalue weighted by molar-refractivity contribution is -0.0699. The summed E-state index contributed by atoms with van der Waals surface area (Å²) in [6.45, 7) is 13.0. The van der Waals surface area contributed by atoms with Crippen LogP contribution in [0.1, 0.15) is 44.4 Å². The predicted octanol–water partition coefficient (Wildman–Crippen LogP) is 3.14. The van der Waals surface area contributed by atoms with Crippen molar-refractivity contribution in [1.82, 2.24) is 10.2 Å². The Morgan fingerprint density at radius 3 is 2.52 bits per heavy atom. The van der Waals surface area contributed by atoms with Crippen LogP contribution in [-0.2, 0) is 4.74 Å². The van der Waals surface area contributed by atoms with Gasteiger partial charge in [-0.1, -0.05) is 31.2 Å². The highest BCUT2D eigenvalue weighted by Gasteiger charge is 2.25. The molecule has 0 aromatic heterocycles. The molecule has 1 aromatic carbocycles. The lowest BCUT2D eigenvalue weighted by Crippen LogP contribution is -2.48. The largest absolute Gasteiger partial charge is 0.373 e. The zero-order valence-corrected chi connectivity index (χ0v) is 13.9. The van der Waals surface area contributed by atoms with Crippen molar-refractivity contribution >= 4 is 0 Å². The van der Waals surface area contributed by atoms with Crippen LogP contribution in [0.2, 0.25) is 0 Å². The molecule has 21 heavy (non-hydrogen) atoms. The zero-order chi connectivity index (χ0) is 15.2. The Bertz CT molecular complexity index is 425. The van der Waals surface area contributed by atoms with Gasteiger partial charge in [0.2, 0.25) is 0 Å². The van der Waals surface area contributed by atoms with Gasteiger partial charge in [-0.15, -0.1) is 0 Å². The van der Waals surface area contributed by atoms with E-state index < -0.39 is 0 Å². The van der Waals surface area contributed by atoms with E-state index in [4.69, 9.17) is 4.74 Å². The molecule has 0 aliphatic carbocycles. The normalized spacial score (nSPS) is 25.0. The summed E-state index contributed by atoms with van der Waals surface area (Å²) >= 11 is 0. The molecular weight excluding hydrogens is 260 g/mol. The molecule has 3 nitrogen and oxygen atoms in total. The van der Waals surface area contributed by atoms with Crippen molar-refractivity contribution in [2.45, 2.75) is 52.4 Å². The summed E-state index contributed by atoms with van der Waals surface area (Å²) in [7, 11) is 0. The zero-order valence-electron chi connectivity index (χ0n) is 13.9. The van der Waals surface area contributed by atoms with Gasteiger partial charge in [-0.25, -0.2) is 0 Å². The van der Waals surface area contributed by atoms with Gasteiger partial charge in [-0.2, -0.15) is 0 Å². The third-order valence-electron chi connectivity index (χ3n) is 4.14. The molecule has 0 spiro atoms. The number of morpholine rings is 1. The average Bonchev–Trinajstić information content (AvgIpc) is 2.43. The summed E-state index contributed by atoms with van der Waals surface area (Å²) in [4.78, 5) is 2.54. The Kier molecular flexibility index (Phi) is 6.22. The number of nitrogens with zero attached hydrogens (tertiary/aromatic N) is 1. The summed E-state index contributed by atoms with van der Waals surface area (Å²) in [5.74, 6) is 0. The second-order valence-electron chi connectivity index (χ2n) is 6.34. The highest BCUT2D eigenvalue weighted by molar-refractivity contribution is 5.29. The summed E-state index contributed by atoms with van der Waals surface area (Å²) in [6.07, 6.45) is 1.83. The maximum Gasteiger partial charge on any atom is 0.0678 e. The standard InChI is InChI=1S/C18H30N2O/c1-5-10-19-18(17-9-7-6-8-14(17)2)13-20-11-15(3)21-16(4)12-20/h6-9,15-16,18-19H,5,10-13H2,1-4H3. The second-order valence-corrected chi connectivity index (χ2v) is 6.34. The first-order chi connectivity index (χ1) is 10.1. The van der Waals surface area contributed by atoms with E-state index in [-0.39, 0.29) is 0 Å². The van der Waals surface area contributed by atoms with Crippen LogP contribution in [0.4, 0.5) is 0 Å². The van der Waals surface area contributed by atoms with Gasteiger partial charge in [0.1, 0.15) is 0 Å². The van der Waals surface area contributed by atoms with E-state index in [2.05, 4.69) is 62.2 Å². The Labute approximate surface area is 129 Å². The smallest absolute Gasteiger partial charge is 0.0678 e. The minimum atomic E-state index is 0.331. The molecule has 3 atom stereocenters. The van der Waals surface area contributed by atoms with Crippen LogP contribution in [0.5, 0.6) is 0 Å². The number of aryl methyl sites for hydroxylation is 1. The highest BCUT2D eigenvalue weighted by atomic mass is 16.5. The van der Waals surface area contributed by atoms with Crippen LogP contribution < -0.4 is 5.32 Å². The van der Waals surface area contributed by atoms with Gasteiger partial charge in [-0.05, 0) is 44.9 Å². The van der Waals surface area contributed by atoms with E-state index in [1.54, 1.807) is 0 Å². The van der Waals surface area contributed by atoms with E-state index in [0.717, 1.165) is 32.6 Å². The third kappa shape index (κ3) is 4.80. The van der Waals surface area contributed by atoms with Crippen molar-refractivity contribution in [1.29, 1.82) is 0 Å². The van der Waals surface area contributed by atoms with E-state index in [1.807, 2.05) is 0 Å². The van der Waals surface area contributed by atoms with Gasteiger partial charge in [0.25, 0.3) is 0 Å². The van der Waals surface area contributed by atoms with Gasteiger partial charge in [0.15, 0.2) is 0 Å². The molecule has 1 N–H and O–H groups in total. The quantitative estimate of drug-likeness (QED) is 0.871. The monoisotopic (exact) mass is 290 g/mol. The van der Waals surface area contributed by atoms with Crippen molar-refractivity contribution in [2.75, 3.05) is 26.2 Å². The van der Waals surface area contributed by atoms with Crippen molar-refractivity contribution in [2.24, 2.45) is 0 Å². The van der Waals surface area contributed by atoms with E-state index in [1.165, 1.54) is 11.1 Å². The van der Waals surface area contributed by atoms with E-state index >= 15 is 0 Å². The van der Waals surface area contributed by atoms with Crippen LogP contribution >= 0.6 is 0 Å². The summed E-state index contributed by atoms with van der Waals surface area (Å²) in [5.41, 5.74) is 2.80. The SMILES string of the molecule is CCCNC(CN1CC(C)OC(C)C1)c1ccccc1C. The average molecular weight is 290 g/mol. The molecule has 0 amide bonds. The maximum absolute atomic E-state index is 5.85. The molecule has 0 saturated carbocycles. The van der Waals surface area contributed by atoms with Crippen molar-refractivity contribution in [3.63, 3.8) is 0 Å². The Balaban J connectivity index is 2.07. The maximum atomic E-state index is 5.85. The van der Waals surface area contributed by atoms with Crippen LogP contribution in [0.3, 0.4) is 0 Å². The first-order valence-electron chi connectivity index (χ1n) is 8.26. The lowest BCUT2D eigenvalue weighted by Gasteiger charge is -2.37. The molecule has 1 saturated heterocycles. The molecule has 1 aliphatic rings. The molecule has 1 fully saturated rings. The van der Waals surface area contributed by atoms with Crippen LogP contribution in [-0.4, -0.2) is 43.3 Å². The molecule has 1 heterocycles. The number of benzene rings is 1. The first kappa shape index (κ1) is 16.5. The van der Waals surface area contributed by atoms with Crippen molar-refractivity contribution < 1.29 is 4.74 Å². The number of rotatable bonds is 6.